The summed E-state index contributed by atoms with van der Waals surface area (Å²) in [6.45, 7) is 2.12. The molecule has 1 saturated heterocycles. The predicted molar refractivity (Wildman–Crippen MR) is 79.4 cm³/mol. The van der Waals surface area contributed by atoms with Gasteiger partial charge in [-0.05, 0) is 19.1 Å². The van der Waals surface area contributed by atoms with Gasteiger partial charge >= 0.3 is 0 Å². The Morgan fingerprint density at radius 1 is 1.35 bits per heavy atom. The van der Waals surface area contributed by atoms with Crippen LogP contribution in [-0.2, 0) is 19.7 Å². The molecule has 1 aromatic rings. The van der Waals surface area contributed by atoms with E-state index in [0.29, 0.717) is 12.2 Å². The number of nitrogens with two attached hydrogens (primary N) is 1. The average Bonchev–Trinajstić information content (AvgIpc) is 2.27. The Morgan fingerprint density at radius 2 is 2.00 bits per heavy atom. The molecule has 0 amide bonds. The summed E-state index contributed by atoms with van der Waals surface area (Å²) >= 11 is 0. The third-order valence-electron chi connectivity index (χ3n) is 3.42. The standard InChI is InChI=1S/C12H18N2O4S2/c1-9-8-20(17,18)7-6-14(9)10-4-3-5-11(12(10)13)19(2,15)16/h3-5,9H,6-8,13H2,1-2H3. The summed E-state index contributed by atoms with van der Waals surface area (Å²) in [7, 11) is -6.43. The Hall–Kier alpha value is -1.28. The highest BCUT2D eigenvalue weighted by atomic mass is 32.2. The molecule has 1 aliphatic rings. The largest absolute Gasteiger partial charge is 0.396 e. The van der Waals surface area contributed by atoms with Crippen LogP contribution in [0.15, 0.2) is 23.1 Å². The molecule has 0 spiro atoms. The maximum atomic E-state index is 11.7. The van der Waals surface area contributed by atoms with Crippen LogP contribution in [0.5, 0.6) is 0 Å². The molecular weight excluding hydrogens is 300 g/mol. The third kappa shape index (κ3) is 2.90. The Balaban J connectivity index is 2.45. The van der Waals surface area contributed by atoms with E-state index >= 15 is 0 Å². The van der Waals surface area contributed by atoms with Gasteiger partial charge in [0.15, 0.2) is 19.7 Å². The van der Waals surface area contributed by atoms with E-state index in [9.17, 15) is 16.8 Å². The van der Waals surface area contributed by atoms with E-state index in [0.717, 1.165) is 6.26 Å². The van der Waals surface area contributed by atoms with Gasteiger partial charge in [-0.15, -0.1) is 0 Å². The van der Waals surface area contributed by atoms with Crippen LogP contribution in [0.1, 0.15) is 6.92 Å². The Bertz CT molecular complexity index is 726. The van der Waals surface area contributed by atoms with Crippen LogP contribution in [0.2, 0.25) is 0 Å². The van der Waals surface area contributed by atoms with Crippen LogP contribution in [0, 0.1) is 0 Å². The molecule has 2 N–H and O–H groups in total. The fraction of sp³-hybridized carbons (Fsp3) is 0.500. The summed E-state index contributed by atoms with van der Waals surface area (Å²) in [5.41, 5.74) is 6.72. The molecule has 1 fully saturated rings. The van der Waals surface area contributed by atoms with Gasteiger partial charge in [0.25, 0.3) is 0 Å². The molecular formula is C12H18N2O4S2. The highest BCUT2D eigenvalue weighted by Crippen LogP contribution is 2.32. The topological polar surface area (TPSA) is 97.5 Å². The molecule has 6 nitrogen and oxygen atoms in total. The third-order valence-corrected chi connectivity index (χ3v) is 6.37. The van der Waals surface area contributed by atoms with Crippen LogP contribution in [0.4, 0.5) is 11.4 Å². The van der Waals surface area contributed by atoms with Crippen LogP contribution in [0.3, 0.4) is 0 Å². The average molecular weight is 318 g/mol. The number of para-hydroxylation sites is 1. The lowest BCUT2D eigenvalue weighted by molar-refractivity contribution is 0.568. The van der Waals surface area contributed by atoms with Crippen LogP contribution < -0.4 is 10.6 Å². The van der Waals surface area contributed by atoms with Crippen molar-refractivity contribution in [3.63, 3.8) is 0 Å². The summed E-state index contributed by atoms with van der Waals surface area (Å²) in [4.78, 5) is 1.93. The van der Waals surface area contributed by atoms with Crippen molar-refractivity contribution >= 4 is 31.0 Å². The van der Waals surface area contributed by atoms with E-state index in [-0.39, 0.29) is 28.1 Å². The van der Waals surface area contributed by atoms with Crippen molar-refractivity contribution in [2.24, 2.45) is 0 Å². The fourth-order valence-electron chi connectivity index (χ4n) is 2.46. The zero-order valence-electron chi connectivity index (χ0n) is 11.4. The zero-order valence-corrected chi connectivity index (χ0v) is 13.0. The number of rotatable bonds is 2. The molecule has 0 radical (unpaired) electrons. The number of nitrogen functional groups attached to an aromatic ring is 1. The van der Waals surface area contributed by atoms with Crippen LogP contribution in [0.25, 0.3) is 0 Å². The fourth-order valence-corrected chi connectivity index (χ4v) is 4.85. The van der Waals surface area contributed by atoms with Crippen molar-refractivity contribution < 1.29 is 16.8 Å². The molecule has 112 valence electrons. The minimum Gasteiger partial charge on any atom is -0.396 e. The van der Waals surface area contributed by atoms with E-state index in [1.807, 2.05) is 4.90 Å². The highest BCUT2D eigenvalue weighted by molar-refractivity contribution is 7.91. The van der Waals surface area contributed by atoms with Gasteiger partial charge < -0.3 is 10.6 Å². The molecule has 0 aromatic heterocycles. The second kappa shape index (κ2) is 4.92. The molecule has 1 unspecified atom stereocenters. The summed E-state index contributed by atoms with van der Waals surface area (Å²) in [5, 5.41) is 0. The summed E-state index contributed by atoms with van der Waals surface area (Å²) < 4.78 is 46.5. The molecule has 0 bridgehead atoms. The first-order valence-corrected chi connectivity index (χ1v) is 9.89. The normalized spacial score (nSPS) is 22.7. The van der Waals surface area contributed by atoms with Gasteiger partial charge in [-0.25, -0.2) is 16.8 Å². The molecule has 20 heavy (non-hydrogen) atoms. The van der Waals surface area contributed by atoms with Gasteiger partial charge in [0.2, 0.25) is 0 Å². The van der Waals surface area contributed by atoms with Crippen LogP contribution in [-0.4, -0.2) is 47.2 Å². The summed E-state index contributed by atoms with van der Waals surface area (Å²) in [6, 6.07) is 4.57. The lowest BCUT2D eigenvalue weighted by atomic mass is 10.2. The van der Waals surface area contributed by atoms with E-state index in [2.05, 4.69) is 0 Å². The number of hydrogen-bond donors (Lipinski definition) is 1. The molecule has 0 saturated carbocycles. The minimum absolute atomic E-state index is 0.0511. The number of sulfone groups is 2. The van der Waals surface area contributed by atoms with Crippen LogP contribution >= 0.6 is 0 Å². The Kier molecular flexibility index (Phi) is 3.72. The van der Waals surface area contributed by atoms with Gasteiger partial charge in [-0.2, -0.15) is 0 Å². The minimum atomic E-state index is -3.40. The van der Waals surface area contributed by atoms with Gasteiger partial charge in [0, 0.05) is 18.8 Å². The first-order valence-electron chi connectivity index (χ1n) is 6.17. The quantitative estimate of drug-likeness (QED) is 0.787. The SMILES string of the molecule is CC1CS(=O)(=O)CCN1c1cccc(S(C)(=O)=O)c1N. The highest BCUT2D eigenvalue weighted by Gasteiger charge is 2.30. The van der Waals surface area contributed by atoms with E-state index in [1.54, 1.807) is 19.1 Å². The van der Waals surface area contributed by atoms with Crippen molar-refractivity contribution in [2.75, 3.05) is 34.9 Å². The summed E-state index contributed by atoms with van der Waals surface area (Å²) in [6.07, 6.45) is 1.10. The number of benzene rings is 1. The van der Waals surface area contributed by atoms with Crippen molar-refractivity contribution in [3.8, 4) is 0 Å². The lowest BCUT2D eigenvalue weighted by Crippen LogP contribution is -2.47. The van der Waals surface area contributed by atoms with Crippen molar-refractivity contribution in [2.45, 2.75) is 17.9 Å². The maximum absolute atomic E-state index is 11.7. The second-order valence-corrected chi connectivity index (χ2v) is 9.33. The Morgan fingerprint density at radius 3 is 2.55 bits per heavy atom. The maximum Gasteiger partial charge on any atom is 0.177 e. The number of nitrogens with zero attached hydrogens (tertiary/aromatic N) is 1. The summed E-state index contributed by atoms with van der Waals surface area (Å²) in [5.74, 6) is 0.107. The van der Waals surface area contributed by atoms with E-state index < -0.39 is 19.7 Å². The molecule has 1 heterocycles. The first-order chi connectivity index (χ1) is 9.12. The molecule has 2 rings (SSSR count). The molecule has 8 heteroatoms. The molecule has 1 aliphatic heterocycles. The van der Waals surface area contributed by atoms with Gasteiger partial charge in [0.1, 0.15) is 0 Å². The van der Waals surface area contributed by atoms with Crippen molar-refractivity contribution in [1.29, 1.82) is 0 Å². The Labute approximate surface area is 119 Å². The number of anilines is 2. The van der Waals surface area contributed by atoms with Gasteiger partial charge in [-0.1, -0.05) is 6.07 Å². The van der Waals surface area contributed by atoms with Gasteiger partial charge in [0.05, 0.1) is 27.8 Å². The van der Waals surface area contributed by atoms with Gasteiger partial charge in [-0.3, -0.25) is 0 Å². The lowest BCUT2D eigenvalue weighted by Gasteiger charge is -2.36. The van der Waals surface area contributed by atoms with Crippen molar-refractivity contribution in [1.82, 2.24) is 0 Å². The molecule has 0 aliphatic carbocycles. The number of hydrogen-bond acceptors (Lipinski definition) is 6. The predicted octanol–water partition coefficient (Wildman–Crippen LogP) is 0.296. The first kappa shape index (κ1) is 15.1. The monoisotopic (exact) mass is 318 g/mol. The van der Waals surface area contributed by atoms with Crippen molar-refractivity contribution in [3.05, 3.63) is 18.2 Å². The second-order valence-electron chi connectivity index (χ2n) is 5.12. The van der Waals surface area contributed by atoms with E-state index in [1.165, 1.54) is 6.07 Å². The zero-order chi connectivity index (χ0) is 15.1. The molecule has 1 atom stereocenters. The smallest absolute Gasteiger partial charge is 0.177 e. The van der Waals surface area contributed by atoms with E-state index in [4.69, 9.17) is 5.73 Å². The molecule has 1 aromatic carbocycles.